The molecule has 0 aromatic carbocycles. The number of rotatable bonds is 9. The van der Waals surface area contributed by atoms with Crippen LogP contribution in [0.25, 0.3) is 0 Å². The number of likely N-dealkylation sites (N-methyl/N-ethyl adjacent to an activating group) is 2. The summed E-state index contributed by atoms with van der Waals surface area (Å²) in [5, 5.41) is 5.28. The van der Waals surface area contributed by atoms with E-state index in [1.807, 2.05) is 6.92 Å². The molecule has 0 saturated carbocycles. The summed E-state index contributed by atoms with van der Waals surface area (Å²) in [5.41, 5.74) is 0.493. The number of hydrogen-bond acceptors (Lipinski definition) is 6. The van der Waals surface area contributed by atoms with Crippen LogP contribution in [0.1, 0.15) is 26.7 Å². The lowest BCUT2D eigenvalue weighted by Gasteiger charge is -2.14. The van der Waals surface area contributed by atoms with Gasteiger partial charge < -0.3 is 20.4 Å². The first kappa shape index (κ1) is 22.2. The minimum Gasteiger partial charge on any atom is -0.386 e. The van der Waals surface area contributed by atoms with Gasteiger partial charge in [-0.1, -0.05) is 20.4 Å². The molecule has 1 unspecified atom stereocenters. The molecule has 0 saturated heterocycles. The van der Waals surface area contributed by atoms with Gasteiger partial charge in [0.05, 0.1) is 18.3 Å². The van der Waals surface area contributed by atoms with Gasteiger partial charge in [0.15, 0.2) is 11.6 Å². The highest BCUT2D eigenvalue weighted by Crippen LogP contribution is 2.35. The van der Waals surface area contributed by atoms with Crippen molar-refractivity contribution in [3.8, 4) is 0 Å². The van der Waals surface area contributed by atoms with Crippen LogP contribution in [0.5, 0.6) is 0 Å². The zero-order valence-electron chi connectivity index (χ0n) is 12.9. The van der Waals surface area contributed by atoms with E-state index in [4.69, 9.17) is 9.79 Å². The summed E-state index contributed by atoms with van der Waals surface area (Å²) in [6, 6.07) is -0.655. The predicted octanol–water partition coefficient (Wildman–Crippen LogP) is 0.361. The largest absolute Gasteiger partial charge is 0.469 e. The van der Waals surface area contributed by atoms with Crippen molar-refractivity contribution >= 4 is 19.4 Å². The molecule has 9 heteroatoms. The van der Waals surface area contributed by atoms with E-state index >= 15 is 0 Å². The van der Waals surface area contributed by atoms with Gasteiger partial charge in [-0.2, -0.15) is 0 Å². The van der Waals surface area contributed by atoms with Crippen LogP contribution in [0, 0.1) is 0 Å². The maximum Gasteiger partial charge on any atom is 0.469 e. The standard InChI is InChI=1S/C6H14NO5P.C6H11NO/c1-3-6(8)5(7-2)4-12-13(9,10)11;1-4-6(8)5(2)7-3/h5,7H,3-4H2,1-2H3,(H2,9,10,11);7H,2,4H2,1,3H3. The summed E-state index contributed by atoms with van der Waals surface area (Å²) in [4.78, 5) is 38.4. The number of ketones is 2. The average Bonchev–Trinajstić information content (AvgIpc) is 2.45. The van der Waals surface area contributed by atoms with Gasteiger partial charge in [0, 0.05) is 19.9 Å². The van der Waals surface area contributed by atoms with Crippen molar-refractivity contribution in [2.45, 2.75) is 32.7 Å². The Kier molecular flexibility index (Phi) is 12.3. The third-order valence-corrected chi connectivity index (χ3v) is 2.94. The van der Waals surface area contributed by atoms with Crippen LogP contribution < -0.4 is 10.6 Å². The Morgan fingerprint density at radius 1 is 1.24 bits per heavy atom. The summed E-state index contributed by atoms with van der Waals surface area (Å²) >= 11 is 0. The molecule has 21 heavy (non-hydrogen) atoms. The van der Waals surface area contributed by atoms with Crippen molar-refractivity contribution in [2.24, 2.45) is 0 Å². The Morgan fingerprint density at radius 2 is 1.76 bits per heavy atom. The first-order valence-electron chi connectivity index (χ1n) is 6.42. The molecule has 0 aromatic heterocycles. The Morgan fingerprint density at radius 3 is 2.00 bits per heavy atom. The van der Waals surface area contributed by atoms with Crippen molar-refractivity contribution in [3.63, 3.8) is 0 Å². The molecule has 124 valence electrons. The molecule has 0 amide bonds. The van der Waals surface area contributed by atoms with E-state index in [1.165, 1.54) is 7.05 Å². The minimum atomic E-state index is -4.48. The molecule has 0 rings (SSSR count). The van der Waals surface area contributed by atoms with E-state index in [2.05, 4.69) is 21.7 Å². The Balaban J connectivity index is 0. The van der Waals surface area contributed by atoms with Gasteiger partial charge in [0.25, 0.3) is 0 Å². The number of carbonyl (C=O) groups is 2. The van der Waals surface area contributed by atoms with Crippen molar-refractivity contribution in [2.75, 3.05) is 20.7 Å². The summed E-state index contributed by atoms with van der Waals surface area (Å²) in [7, 11) is -1.26. The quantitative estimate of drug-likeness (QED) is 0.354. The third kappa shape index (κ3) is 12.4. The smallest absolute Gasteiger partial charge is 0.386 e. The number of allylic oxidation sites excluding steroid dienone is 1. The van der Waals surface area contributed by atoms with E-state index in [-0.39, 0.29) is 18.2 Å². The molecule has 0 fully saturated rings. The third-order valence-electron chi connectivity index (χ3n) is 2.45. The maximum absolute atomic E-state index is 11.1. The molecule has 0 aromatic rings. The monoisotopic (exact) mass is 324 g/mol. The van der Waals surface area contributed by atoms with Crippen LogP contribution in [-0.2, 0) is 18.7 Å². The molecule has 1 atom stereocenters. The molecule has 0 aliphatic heterocycles. The Bertz CT molecular complexity index is 379. The van der Waals surface area contributed by atoms with E-state index in [0.29, 0.717) is 18.5 Å². The number of phosphoric acid groups is 1. The normalized spacial score (nSPS) is 11.9. The van der Waals surface area contributed by atoms with Gasteiger partial charge in [-0.25, -0.2) is 4.57 Å². The van der Waals surface area contributed by atoms with Gasteiger partial charge in [-0.05, 0) is 7.05 Å². The van der Waals surface area contributed by atoms with E-state index in [0.717, 1.165) is 0 Å². The molecule has 0 heterocycles. The fourth-order valence-electron chi connectivity index (χ4n) is 1.11. The van der Waals surface area contributed by atoms with Crippen LogP contribution >= 0.6 is 7.82 Å². The predicted molar refractivity (Wildman–Crippen MR) is 79.6 cm³/mol. The average molecular weight is 324 g/mol. The molecule has 4 N–H and O–H groups in total. The number of carbonyl (C=O) groups excluding carboxylic acids is 2. The van der Waals surface area contributed by atoms with Crippen molar-refractivity contribution in [3.05, 3.63) is 12.3 Å². The second-order valence-electron chi connectivity index (χ2n) is 3.95. The SMILES string of the molecule is C=C(NC)C(=O)CC.CCC(=O)C(COP(=O)(O)O)NC. The highest BCUT2D eigenvalue weighted by atomic mass is 31.2. The number of Topliss-reactive ketones (excluding diaryl/α,β-unsaturated/α-hetero) is 2. The van der Waals surface area contributed by atoms with E-state index in [9.17, 15) is 14.2 Å². The second-order valence-corrected chi connectivity index (χ2v) is 5.19. The van der Waals surface area contributed by atoms with Gasteiger partial charge in [0.2, 0.25) is 0 Å². The number of phosphoric ester groups is 1. The molecule has 0 aliphatic carbocycles. The Hall–Kier alpha value is -1.05. The summed E-state index contributed by atoms with van der Waals surface area (Å²) < 4.78 is 14.5. The van der Waals surface area contributed by atoms with Crippen LogP contribution in [0.2, 0.25) is 0 Å². The molecule has 0 spiro atoms. The fourth-order valence-corrected chi connectivity index (χ4v) is 1.45. The maximum atomic E-state index is 11.1. The highest BCUT2D eigenvalue weighted by molar-refractivity contribution is 7.46. The lowest BCUT2D eigenvalue weighted by atomic mass is 10.1. The molecule has 0 aliphatic rings. The van der Waals surface area contributed by atoms with Gasteiger partial charge in [0.1, 0.15) is 0 Å². The molecule has 8 nitrogen and oxygen atoms in total. The number of hydrogen-bond donors (Lipinski definition) is 4. The van der Waals surface area contributed by atoms with Crippen LogP contribution in [0.3, 0.4) is 0 Å². The minimum absolute atomic E-state index is 0.0764. The van der Waals surface area contributed by atoms with Gasteiger partial charge >= 0.3 is 7.82 Å². The Labute approximate surface area is 125 Å². The van der Waals surface area contributed by atoms with Crippen LogP contribution in [-0.4, -0.2) is 48.1 Å². The lowest BCUT2D eigenvalue weighted by molar-refractivity contribution is -0.121. The van der Waals surface area contributed by atoms with Crippen LogP contribution in [0.4, 0.5) is 0 Å². The van der Waals surface area contributed by atoms with Crippen molar-refractivity contribution < 1.29 is 28.5 Å². The van der Waals surface area contributed by atoms with Crippen molar-refractivity contribution in [1.82, 2.24) is 10.6 Å². The zero-order chi connectivity index (χ0) is 17.1. The van der Waals surface area contributed by atoms with E-state index in [1.54, 1.807) is 14.0 Å². The van der Waals surface area contributed by atoms with Gasteiger partial charge in [-0.15, -0.1) is 0 Å². The summed E-state index contributed by atoms with van der Waals surface area (Å²) in [5.74, 6) is -0.0662. The van der Waals surface area contributed by atoms with Crippen LogP contribution in [0.15, 0.2) is 12.3 Å². The molecular weight excluding hydrogens is 299 g/mol. The number of nitrogens with one attached hydrogen (secondary N) is 2. The second kappa shape index (κ2) is 11.6. The highest BCUT2D eigenvalue weighted by Gasteiger charge is 2.20. The molecule has 0 bridgehead atoms. The topological polar surface area (TPSA) is 125 Å². The molecule has 0 radical (unpaired) electrons. The van der Waals surface area contributed by atoms with Crippen molar-refractivity contribution in [1.29, 1.82) is 0 Å². The first-order chi connectivity index (χ1) is 9.62. The van der Waals surface area contributed by atoms with Gasteiger partial charge in [-0.3, -0.25) is 14.1 Å². The lowest BCUT2D eigenvalue weighted by Crippen LogP contribution is -2.37. The zero-order valence-corrected chi connectivity index (χ0v) is 13.8. The first-order valence-corrected chi connectivity index (χ1v) is 7.95. The fraction of sp³-hybridized carbons (Fsp3) is 0.667. The summed E-state index contributed by atoms with van der Waals surface area (Å²) in [6.45, 7) is 6.65. The molecular formula is C12H25N2O6P. The summed E-state index contributed by atoms with van der Waals surface area (Å²) in [6.07, 6.45) is 0.829. The van der Waals surface area contributed by atoms with E-state index < -0.39 is 13.9 Å².